The van der Waals surface area contributed by atoms with Crippen LogP contribution in [0, 0.1) is 17.7 Å². The summed E-state index contributed by atoms with van der Waals surface area (Å²) in [7, 11) is 0. The van der Waals surface area contributed by atoms with E-state index in [4.69, 9.17) is 0 Å². The number of anilines is 2. The normalized spacial score (nSPS) is 20.0. The molecule has 3 unspecified atom stereocenters. The summed E-state index contributed by atoms with van der Waals surface area (Å²) in [5.41, 5.74) is -0.0599. The lowest BCUT2D eigenvalue weighted by atomic mass is 9.99. The van der Waals surface area contributed by atoms with E-state index >= 15 is 4.39 Å². The summed E-state index contributed by atoms with van der Waals surface area (Å²) < 4.78 is 54.2. The zero-order valence-corrected chi connectivity index (χ0v) is 18.6. The zero-order chi connectivity index (χ0) is 23.6. The monoisotopic (exact) mass is 452 g/mol. The minimum Gasteiger partial charge on any atom is -0.358 e. The van der Waals surface area contributed by atoms with Gasteiger partial charge in [-0.1, -0.05) is 32.9 Å². The van der Waals surface area contributed by atoms with Crippen LogP contribution in [0.5, 0.6) is 0 Å². The van der Waals surface area contributed by atoms with Crippen molar-refractivity contribution in [3.8, 4) is 0 Å². The molecule has 0 amide bonds. The van der Waals surface area contributed by atoms with Crippen LogP contribution in [0.25, 0.3) is 0 Å². The van der Waals surface area contributed by atoms with Gasteiger partial charge in [0.25, 0.3) is 0 Å². The fraction of sp³-hybridized carbons (Fsp3) is 0.522. The molecule has 9 heteroatoms. The van der Waals surface area contributed by atoms with Gasteiger partial charge in [-0.3, -0.25) is 4.79 Å². The van der Waals surface area contributed by atoms with E-state index in [1.165, 1.54) is 25.4 Å². The number of nitrogens with one attached hydrogen (secondary N) is 1. The standard InChI is InChI=1S/C23H28F4N4O/c1-13(2)9-18(15(4)32)30-21-20(24)22(29-12-28-21)31-11-14(3)10-19(31)16-5-7-17(8-6-16)23(25,26)27/h5-8,12-14,18-19H,9-11H2,1-4H3,(H,28,29,30). The number of alkyl halides is 3. The molecule has 1 saturated heterocycles. The number of rotatable bonds is 7. The van der Waals surface area contributed by atoms with Gasteiger partial charge in [-0.15, -0.1) is 0 Å². The van der Waals surface area contributed by atoms with Gasteiger partial charge >= 0.3 is 6.18 Å². The van der Waals surface area contributed by atoms with Crippen LogP contribution >= 0.6 is 0 Å². The zero-order valence-electron chi connectivity index (χ0n) is 18.6. The lowest BCUT2D eigenvalue weighted by Crippen LogP contribution is -2.31. The highest BCUT2D eigenvalue weighted by molar-refractivity contribution is 5.84. The van der Waals surface area contributed by atoms with Crippen molar-refractivity contribution in [1.29, 1.82) is 0 Å². The van der Waals surface area contributed by atoms with Crippen molar-refractivity contribution in [3.05, 3.63) is 47.5 Å². The highest BCUT2D eigenvalue weighted by Gasteiger charge is 2.35. The van der Waals surface area contributed by atoms with Crippen molar-refractivity contribution in [2.45, 2.75) is 58.8 Å². The lowest BCUT2D eigenvalue weighted by Gasteiger charge is -2.27. The van der Waals surface area contributed by atoms with Gasteiger partial charge in [0.05, 0.1) is 17.6 Å². The Morgan fingerprint density at radius 3 is 2.44 bits per heavy atom. The second-order valence-electron chi connectivity index (χ2n) is 8.93. The van der Waals surface area contributed by atoms with Gasteiger partial charge in [-0.2, -0.15) is 17.6 Å². The molecule has 2 heterocycles. The summed E-state index contributed by atoms with van der Waals surface area (Å²) in [6.45, 7) is 7.90. The number of ketones is 1. The molecule has 0 bridgehead atoms. The van der Waals surface area contributed by atoms with Crippen LogP contribution < -0.4 is 10.2 Å². The Balaban J connectivity index is 1.90. The molecule has 5 nitrogen and oxygen atoms in total. The third kappa shape index (κ3) is 5.37. The molecule has 1 aromatic carbocycles. The van der Waals surface area contributed by atoms with E-state index < -0.39 is 23.6 Å². The number of halogens is 4. The van der Waals surface area contributed by atoms with Gasteiger partial charge in [-0.05, 0) is 49.3 Å². The molecule has 0 aliphatic carbocycles. The van der Waals surface area contributed by atoms with E-state index in [-0.39, 0.29) is 35.3 Å². The van der Waals surface area contributed by atoms with E-state index in [0.717, 1.165) is 12.1 Å². The van der Waals surface area contributed by atoms with Gasteiger partial charge in [0.1, 0.15) is 6.33 Å². The molecular weight excluding hydrogens is 424 g/mol. The summed E-state index contributed by atoms with van der Waals surface area (Å²) in [5.74, 6) is -0.349. The fourth-order valence-corrected chi connectivity index (χ4v) is 4.11. The van der Waals surface area contributed by atoms with Crippen LogP contribution in [0.3, 0.4) is 0 Å². The van der Waals surface area contributed by atoms with Crippen molar-refractivity contribution in [3.63, 3.8) is 0 Å². The molecule has 1 aliphatic heterocycles. The summed E-state index contributed by atoms with van der Waals surface area (Å²) in [4.78, 5) is 21.9. The third-order valence-corrected chi connectivity index (χ3v) is 5.68. The number of Topliss-reactive ketones (excluding diaryl/α,β-unsaturated/α-hetero) is 1. The predicted octanol–water partition coefficient (Wildman–Crippen LogP) is 5.64. The van der Waals surface area contributed by atoms with E-state index in [1.807, 2.05) is 20.8 Å². The van der Waals surface area contributed by atoms with Crippen molar-refractivity contribution >= 4 is 17.4 Å². The summed E-state index contributed by atoms with van der Waals surface area (Å²) >= 11 is 0. The molecule has 32 heavy (non-hydrogen) atoms. The second kappa shape index (κ2) is 9.42. The molecule has 174 valence electrons. The van der Waals surface area contributed by atoms with Crippen molar-refractivity contribution in [2.24, 2.45) is 11.8 Å². The molecule has 1 aromatic heterocycles. The lowest BCUT2D eigenvalue weighted by molar-refractivity contribution is -0.137. The van der Waals surface area contributed by atoms with Crippen LogP contribution in [0.2, 0.25) is 0 Å². The molecule has 1 fully saturated rings. The first-order valence-corrected chi connectivity index (χ1v) is 10.7. The first kappa shape index (κ1) is 23.9. The maximum atomic E-state index is 15.4. The third-order valence-electron chi connectivity index (χ3n) is 5.68. The minimum atomic E-state index is -4.41. The number of hydrogen-bond acceptors (Lipinski definition) is 5. The van der Waals surface area contributed by atoms with E-state index in [1.54, 1.807) is 4.90 Å². The molecule has 1 N–H and O–H groups in total. The van der Waals surface area contributed by atoms with Crippen molar-refractivity contribution in [2.75, 3.05) is 16.8 Å². The van der Waals surface area contributed by atoms with Crippen LogP contribution in [-0.4, -0.2) is 28.3 Å². The quantitative estimate of drug-likeness (QED) is 0.551. The van der Waals surface area contributed by atoms with Gasteiger partial charge in [-0.25, -0.2) is 9.97 Å². The number of nitrogens with zero attached hydrogens (tertiary/aromatic N) is 3. The predicted molar refractivity (Wildman–Crippen MR) is 115 cm³/mol. The Hall–Kier alpha value is -2.71. The van der Waals surface area contributed by atoms with Crippen molar-refractivity contribution in [1.82, 2.24) is 9.97 Å². The molecular formula is C23H28F4N4O. The highest BCUT2D eigenvalue weighted by Crippen LogP contribution is 2.40. The van der Waals surface area contributed by atoms with E-state index in [9.17, 15) is 18.0 Å². The first-order chi connectivity index (χ1) is 15.0. The highest BCUT2D eigenvalue weighted by atomic mass is 19.4. The van der Waals surface area contributed by atoms with Crippen LogP contribution in [0.1, 0.15) is 57.7 Å². The van der Waals surface area contributed by atoms with Crippen LogP contribution in [0.4, 0.5) is 29.2 Å². The van der Waals surface area contributed by atoms with Gasteiger partial charge in [0.15, 0.2) is 17.4 Å². The molecule has 0 saturated carbocycles. The summed E-state index contributed by atoms with van der Waals surface area (Å²) in [6, 6.07) is 4.07. The summed E-state index contributed by atoms with van der Waals surface area (Å²) in [5, 5.41) is 2.90. The smallest absolute Gasteiger partial charge is 0.358 e. The second-order valence-corrected chi connectivity index (χ2v) is 8.93. The summed E-state index contributed by atoms with van der Waals surface area (Å²) in [6.07, 6.45) is -1.99. The Kier molecular flexibility index (Phi) is 7.05. The van der Waals surface area contributed by atoms with E-state index in [0.29, 0.717) is 24.9 Å². The van der Waals surface area contributed by atoms with Gasteiger partial charge in [0, 0.05) is 6.54 Å². The molecule has 2 aromatic rings. The average Bonchev–Trinajstić information content (AvgIpc) is 3.09. The van der Waals surface area contributed by atoms with Crippen LogP contribution in [-0.2, 0) is 11.0 Å². The Morgan fingerprint density at radius 1 is 1.22 bits per heavy atom. The molecule has 1 aliphatic rings. The Morgan fingerprint density at radius 2 is 1.88 bits per heavy atom. The van der Waals surface area contributed by atoms with Crippen LogP contribution in [0.15, 0.2) is 30.6 Å². The maximum Gasteiger partial charge on any atom is 0.416 e. The maximum absolute atomic E-state index is 15.4. The fourth-order valence-electron chi connectivity index (χ4n) is 4.11. The van der Waals surface area contributed by atoms with Gasteiger partial charge in [0.2, 0.25) is 5.82 Å². The number of carbonyl (C=O) groups excluding carboxylic acids is 1. The minimum absolute atomic E-state index is 0.0541. The first-order valence-electron chi connectivity index (χ1n) is 10.7. The number of hydrogen-bond donors (Lipinski definition) is 1. The Labute approximate surface area is 185 Å². The van der Waals surface area contributed by atoms with E-state index in [2.05, 4.69) is 15.3 Å². The average molecular weight is 452 g/mol. The molecule has 3 rings (SSSR count). The molecule has 0 spiro atoms. The number of aromatic nitrogens is 2. The largest absolute Gasteiger partial charge is 0.416 e. The topological polar surface area (TPSA) is 58.1 Å². The Bertz CT molecular complexity index is 946. The van der Waals surface area contributed by atoms with Crippen molar-refractivity contribution < 1.29 is 22.4 Å². The SMILES string of the molecule is CC(=O)C(CC(C)C)Nc1ncnc(N2CC(C)CC2c2ccc(C(F)(F)F)cc2)c1F. The van der Waals surface area contributed by atoms with Gasteiger partial charge < -0.3 is 10.2 Å². The molecule has 3 atom stereocenters. The number of benzene rings is 1. The number of carbonyl (C=O) groups is 1. The molecule has 0 radical (unpaired) electrons.